The number of carbonyl (C=O) groups excluding carboxylic acids is 1. The Kier molecular flexibility index (Phi) is 3.41. The van der Waals surface area contributed by atoms with Crippen molar-refractivity contribution in [3.8, 4) is 0 Å². The number of aromatic nitrogens is 2. The Bertz CT molecular complexity index is 859. The summed E-state index contributed by atoms with van der Waals surface area (Å²) in [7, 11) is 2.06. The van der Waals surface area contributed by atoms with E-state index in [0.717, 1.165) is 41.8 Å². The molecule has 3 heterocycles. The van der Waals surface area contributed by atoms with Crippen molar-refractivity contribution in [2.45, 2.75) is 18.9 Å². The van der Waals surface area contributed by atoms with Gasteiger partial charge in [-0.05, 0) is 36.5 Å². The van der Waals surface area contributed by atoms with Crippen LogP contribution in [0.3, 0.4) is 0 Å². The van der Waals surface area contributed by atoms with Gasteiger partial charge in [-0.1, -0.05) is 24.3 Å². The molecule has 1 saturated heterocycles. The Labute approximate surface area is 136 Å². The normalized spacial score (nSPS) is 17.7. The standard InChI is InChI=1S/C18H18BN3O/c19-14-8-4-10-21-12-15(20-17(14)21)16-9-5-11-22(16)18(23)13-6-2-1-3-7-13/h1-4,6-8,10,12,16H,5,9,11,19H2/t16-/m0/s1. The Morgan fingerprint density at radius 3 is 2.78 bits per heavy atom. The minimum absolute atomic E-state index is 0.0713. The number of rotatable bonds is 2. The SMILES string of the molecule is Bc1cccn2cc([C@@H]3CCCN3C(=O)c3ccccc3)nc12. The first-order chi connectivity index (χ1) is 11.2. The van der Waals surface area contributed by atoms with Gasteiger partial charge in [0.2, 0.25) is 0 Å². The van der Waals surface area contributed by atoms with E-state index in [9.17, 15) is 4.79 Å². The number of likely N-dealkylation sites (tertiary alicyclic amines) is 1. The number of carbonyl (C=O) groups is 1. The number of hydrogen-bond donors (Lipinski definition) is 0. The third-order valence-corrected chi connectivity index (χ3v) is 4.57. The fourth-order valence-corrected chi connectivity index (χ4v) is 3.40. The second kappa shape index (κ2) is 5.58. The third-order valence-electron chi connectivity index (χ3n) is 4.57. The number of benzene rings is 1. The Morgan fingerprint density at radius 1 is 1.17 bits per heavy atom. The topological polar surface area (TPSA) is 37.6 Å². The molecular weight excluding hydrogens is 285 g/mol. The van der Waals surface area contributed by atoms with Crippen molar-refractivity contribution in [2.75, 3.05) is 6.54 Å². The lowest BCUT2D eigenvalue weighted by Gasteiger charge is -2.23. The molecule has 0 spiro atoms. The molecule has 1 aromatic carbocycles. The highest BCUT2D eigenvalue weighted by Crippen LogP contribution is 2.32. The van der Waals surface area contributed by atoms with Gasteiger partial charge >= 0.3 is 0 Å². The molecule has 4 nitrogen and oxygen atoms in total. The van der Waals surface area contributed by atoms with Crippen molar-refractivity contribution in [1.29, 1.82) is 0 Å². The van der Waals surface area contributed by atoms with Gasteiger partial charge in [-0.2, -0.15) is 0 Å². The highest BCUT2D eigenvalue weighted by Gasteiger charge is 2.32. The van der Waals surface area contributed by atoms with E-state index in [-0.39, 0.29) is 11.9 Å². The van der Waals surface area contributed by atoms with Crippen LogP contribution in [0.2, 0.25) is 0 Å². The molecular formula is C18H18BN3O. The summed E-state index contributed by atoms with van der Waals surface area (Å²) in [5, 5.41) is 0. The van der Waals surface area contributed by atoms with Gasteiger partial charge in [-0.3, -0.25) is 4.79 Å². The van der Waals surface area contributed by atoms with E-state index in [0.29, 0.717) is 0 Å². The summed E-state index contributed by atoms with van der Waals surface area (Å²) >= 11 is 0. The first-order valence-corrected chi connectivity index (χ1v) is 8.04. The zero-order chi connectivity index (χ0) is 15.8. The maximum atomic E-state index is 12.8. The number of nitrogens with zero attached hydrogens (tertiary/aromatic N) is 3. The molecule has 3 aromatic rings. The van der Waals surface area contributed by atoms with Crippen molar-refractivity contribution in [3.63, 3.8) is 0 Å². The monoisotopic (exact) mass is 303 g/mol. The molecule has 1 aliphatic rings. The van der Waals surface area contributed by atoms with E-state index < -0.39 is 0 Å². The lowest BCUT2D eigenvalue weighted by Crippen LogP contribution is -2.30. The maximum Gasteiger partial charge on any atom is 0.254 e. The molecule has 23 heavy (non-hydrogen) atoms. The molecule has 1 atom stereocenters. The molecule has 114 valence electrons. The molecule has 4 rings (SSSR count). The van der Waals surface area contributed by atoms with Crippen LogP contribution >= 0.6 is 0 Å². The predicted octanol–water partition coefficient (Wildman–Crippen LogP) is 1.57. The molecule has 1 aliphatic heterocycles. The van der Waals surface area contributed by atoms with Crippen molar-refractivity contribution in [1.82, 2.24) is 14.3 Å². The fraction of sp³-hybridized carbons (Fsp3) is 0.222. The van der Waals surface area contributed by atoms with Crippen LogP contribution in [0.1, 0.15) is 34.9 Å². The highest BCUT2D eigenvalue weighted by molar-refractivity contribution is 6.36. The number of hydrogen-bond acceptors (Lipinski definition) is 2. The molecule has 5 heteroatoms. The van der Waals surface area contributed by atoms with Crippen LogP contribution in [0.25, 0.3) is 5.65 Å². The Hall–Kier alpha value is -2.56. The fourth-order valence-electron chi connectivity index (χ4n) is 3.40. The molecule has 0 radical (unpaired) electrons. The van der Waals surface area contributed by atoms with Gasteiger partial charge in [-0.25, -0.2) is 4.98 Å². The average Bonchev–Trinajstić information content (AvgIpc) is 3.22. The van der Waals surface area contributed by atoms with Gasteiger partial charge in [0.15, 0.2) is 0 Å². The van der Waals surface area contributed by atoms with Crippen molar-refractivity contribution < 1.29 is 4.79 Å². The second-order valence-corrected chi connectivity index (χ2v) is 6.11. The van der Waals surface area contributed by atoms with Gasteiger partial charge in [0, 0.05) is 24.5 Å². The molecule has 0 unspecified atom stereocenters. The molecule has 1 amide bonds. The lowest BCUT2D eigenvalue weighted by atomic mass is 9.98. The lowest BCUT2D eigenvalue weighted by molar-refractivity contribution is 0.0733. The smallest absolute Gasteiger partial charge is 0.254 e. The van der Waals surface area contributed by atoms with Gasteiger partial charge in [0.1, 0.15) is 13.5 Å². The van der Waals surface area contributed by atoms with Crippen LogP contribution in [-0.2, 0) is 0 Å². The Balaban J connectivity index is 1.69. The molecule has 0 bridgehead atoms. The van der Waals surface area contributed by atoms with E-state index in [2.05, 4.69) is 20.1 Å². The molecule has 1 fully saturated rings. The summed E-state index contributed by atoms with van der Waals surface area (Å²) < 4.78 is 2.05. The first-order valence-electron chi connectivity index (χ1n) is 8.04. The van der Waals surface area contributed by atoms with Gasteiger partial charge in [0.25, 0.3) is 5.91 Å². The third kappa shape index (κ3) is 2.42. The van der Waals surface area contributed by atoms with E-state index in [4.69, 9.17) is 4.98 Å². The number of fused-ring (bicyclic) bond motifs is 1. The zero-order valence-corrected chi connectivity index (χ0v) is 13.1. The van der Waals surface area contributed by atoms with Crippen LogP contribution in [0.15, 0.2) is 54.9 Å². The van der Waals surface area contributed by atoms with Crippen molar-refractivity contribution in [3.05, 3.63) is 66.1 Å². The number of amides is 1. The average molecular weight is 303 g/mol. The van der Waals surface area contributed by atoms with E-state index in [1.54, 1.807) is 0 Å². The second-order valence-electron chi connectivity index (χ2n) is 6.11. The predicted molar refractivity (Wildman–Crippen MR) is 92.8 cm³/mol. The largest absolute Gasteiger partial charge is 0.330 e. The number of pyridine rings is 1. The molecule has 0 saturated carbocycles. The zero-order valence-electron chi connectivity index (χ0n) is 13.1. The summed E-state index contributed by atoms with van der Waals surface area (Å²) in [6.07, 6.45) is 6.07. The summed E-state index contributed by atoms with van der Waals surface area (Å²) in [5.41, 5.74) is 3.86. The van der Waals surface area contributed by atoms with Crippen LogP contribution in [0.5, 0.6) is 0 Å². The van der Waals surface area contributed by atoms with Crippen LogP contribution in [-0.4, -0.2) is 34.6 Å². The highest BCUT2D eigenvalue weighted by atomic mass is 16.2. The quantitative estimate of drug-likeness (QED) is 0.674. The van der Waals surface area contributed by atoms with Gasteiger partial charge in [0.05, 0.1) is 11.7 Å². The van der Waals surface area contributed by atoms with Gasteiger partial charge in [-0.15, -0.1) is 0 Å². The minimum Gasteiger partial charge on any atom is -0.330 e. The van der Waals surface area contributed by atoms with E-state index in [1.165, 1.54) is 0 Å². The summed E-state index contributed by atoms with van der Waals surface area (Å²) in [6, 6.07) is 13.7. The summed E-state index contributed by atoms with van der Waals surface area (Å²) in [6.45, 7) is 0.797. The van der Waals surface area contributed by atoms with Crippen molar-refractivity contribution >= 4 is 24.9 Å². The summed E-state index contributed by atoms with van der Waals surface area (Å²) in [5.74, 6) is 0.0990. The van der Waals surface area contributed by atoms with Gasteiger partial charge < -0.3 is 9.30 Å². The van der Waals surface area contributed by atoms with Crippen LogP contribution < -0.4 is 5.46 Å². The summed E-state index contributed by atoms with van der Waals surface area (Å²) in [4.78, 5) is 19.6. The molecule has 2 aromatic heterocycles. The van der Waals surface area contributed by atoms with E-state index >= 15 is 0 Å². The number of imidazole rings is 1. The maximum absolute atomic E-state index is 12.8. The minimum atomic E-state index is 0.0713. The Morgan fingerprint density at radius 2 is 2.00 bits per heavy atom. The van der Waals surface area contributed by atoms with Crippen LogP contribution in [0.4, 0.5) is 0 Å². The first kappa shape index (κ1) is 14.1. The van der Waals surface area contributed by atoms with Crippen LogP contribution in [0, 0.1) is 0 Å². The van der Waals surface area contributed by atoms with Crippen molar-refractivity contribution in [2.24, 2.45) is 0 Å². The molecule has 0 aliphatic carbocycles. The van der Waals surface area contributed by atoms with E-state index in [1.807, 2.05) is 51.9 Å². The molecule has 0 N–H and O–H groups in total.